The van der Waals surface area contributed by atoms with Crippen molar-refractivity contribution in [3.8, 4) is 11.8 Å². The molecule has 8 nitrogen and oxygen atoms in total. The summed E-state index contributed by atoms with van der Waals surface area (Å²) in [7, 11) is 1.55. The second kappa shape index (κ2) is 7.61. The van der Waals surface area contributed by atoms with Gasteiger partial charge in [-0.15, -0.1) is 0 Å². The first-order valence-corrected chi connectivity index (χ1v) is 8.98. The van der Waals surface area contributed by atoms with Crippen LogP contribution in [0.1, 0.15) is 36.0 Å². The number of ether oxygens (including phenoxy) is 2. The Hall–Kier alpha value is -3.16. The van der Waals surface area contributed by atoms with Crippen molar-refractivity contribution in [2.24, 2.45) is 0 Å². The Balaban J connectivity index is 1.30. The van der Waals surface area contributed by atoms with Crippen LogP contribution in [0.3, 0.4) is 0 Å². The van der Waals surface area contributed by atoms with Crippen molar-refractivity contribution in [2.75, 3.05) is 7.11 Å². The molecule has 140 valence electrons. The Morgan fingerprint density at radius 3 is 2.81 bits per heavy atom. The molecule has 1 saturated carbocycles. The van der Waals surface area contributed by atoms with Crippen molar-refractivity contribution < 1.29 is 14.3 Å². The van der Waals surface area contributed by atoms with Gasteiger partial charge in [0.05, 0.1) is 36.9 Å². The minimum Gasteiger partial charge on any atom is -0.480 e. The number of H-pyrrole nitrogens is 1. The standard InChI is InChI=1S/C19H21N5O3/c1-26-17-9-20-10-18(24-17)27-14-5-3-13(4-6-14)23-19(25)12-2-7-15-16(8-12)22-11-21-15/h2,7-11,13-14H,3-6H2,1H3,(H,21,22)(H,23,25). The lowest BCUT2D eigenvalue weighted by Crippen LogP contribution is -2.39. The summed E-state index contributed by atoms with van der Waals surface area (Å²) in [4.78, 5) is 28.0. The van der Waals surface area contributed by atoms with Crippen molar-refractivity contribution in [2.45, 2.75) is 37.8 Å². The van der Waals surface area contributed by atoms with Crippen molar-refractivity contribution >= 4 is 16.9 Å². The summed E-state index contributed by atoms with van der Waals surface area (Å²) >= 11 is 0. The molecule has 0 saturated heterocycles. The van der Waals surface area contributed by atoms with E-state index in [1.54, 1.807) is 31.9 Å². The molecule has 0 aliphatic heterocycles. The maximum Gasteiger partial charge on any atom is 0.251 e. The third kappa shape index (κ3) is 3.99. The lowest BCUT2D eigenvalue weighted by Gasteiger charge is -2.29. The molecule has 0 radical (unpaired) electrons. The Kier molecular flexibility index (Phi) is 4.86. The van der Waals surface area contributed by atoms with Gasteiger partial charge in [0.2, 0.25) is 11.8 Å². The highest BCUT2D eigenvalue weighted by Gasteiger charge is 2.24. The number of hydrogen-bond acceptors (Lipinski definition) is 6. The molecule has 1 aromatic carbocycles. The minimum atomic E-state index is -0.0606. The Morgan fingerprint density at radius 1 is 1.19 bits per heavy atom. The Labute approximate surface area is 156 Å². The smallest absolute Gasteiger partial charge is 0.251 e. The summed E-state index contributed by atoms with van der Waals surface area (Å²) < 4.78 is 11.0. The number of carbonyl (C=O) groups is 1. The molecule has 1 aliphatic rings. The fourth-order valence-electron chi connectivity index (χ4n) is 3.33. The van der Waals surface area contributed by atoms with Crippen molar-refractivity contribution in [1.82, 2.24) is 25.3 Å². The number of imidazole rings is 1. The molecule has 1 fully saturated rings. The predicted octanol–water partition coefficient (Wildman–Crippen LogP) is 2.48. The fourth-order valence-corrected chi connectivity index (χ4v) is 3.33. The van der Waals surface area contributed by atoms with Gasteiger partial charge in [-0.3, -0.25) is 9.78 Å². The monoisotopic (exact) mass is 367 g/mol. The Bertz CT molecular complexity index is 934. The lowest BCUT2D eigenvalue weighted by molar-refractivity contribution is 0.0889. The molecule has 2 heterocycles. The highest BCUT2D eigenvalue weighted by molar-refractivity contribution is 5.97. The van der Waals surface area contributed by atoms with Gasteiger partial charge in [-0.2, -0.15) is 4.98 Å². The zero-order valence-corrected chi connectivity index (χ0v) is 15.0. The lowest BCUT2D eigenvalue weighted by atomic mass is 9.92. The van der Waals surface area contributed by atoms with E-state index in [-0.39, 0.29) is 18.1 Å². The maximum absolute atomic E-state index is 12.5. The van der Waals surface area contributed by atoms with E-state index in [9.17, 15) is 4.79 Å². The van der Waals surface area contributed by atoms with E-state index in [0.717, 1.165) is 36.7 Å². The van der Waals surface area contributed by atoms with Crippen LogP contribution in [0.4, 0.5) is 0 Å². The van der Waals surface area contributed by atoms with Crippen molar-refractivity contribution in [3.63, 3.8) is 0 Å². The molecule has 0 atom stereocenters. The maximum atomic E-state index is 12.5. The molecular formula is C19H21N5O3. The molecule has 1 amide bonds. The largest absolute Gasteiger partial charge is 0.480 e. The van der Waals surface area contributed by atoms with E-state index in [1.165, 1.54) is 0 Å². The SMILES string of the molecule is COc1cncc(OC2CCC(NC(=O)c3ccc4nc[nH]c4c3)CC2)n1. The average Bonchev–Trinajstić information content (AvgIpc) is 3.17. The van der Waals surface area contributed by atoms with Crippen LogP contribution in [0.2, 0.25) is 0 Å². The topological polar surface area (TPSA) is 102 Å². The molecule has 8 heteroatoms. The number of hydrogen-bond donors (Lipinski definition) is 2. The summed E-state index contributed by atoms with van der Waals surface area (Å²) in [5.74, 6) is 0.840. The van der Waals surface area contributed by atoms with Gasteiger partial charge in [0, 0.05) is 11.6 Å². The van der Waals surface area contributed by atoms with Gasteiger partial charge in [0.1, 0.15) is 6.10 Å². The predicted molar refractivity (Wildman–Crippen MR) is 98.8 cm³/mol. The number of fused-ring (bicyclic) bond motifs is 1. The minimum absolute atomic E-state index is 0.0606. The fraction of sp³-hybridized carbons (Fsp3) is 0.368. The summed E-state index contributed by atoms with van der Waals surface area (Å²) in [6.07, 6.45) is 8.25. The normalized spacial score (nSPS) is 19.6. The van der Waals surface area contributed by atoms with Crippen LogP contribution in [0, 0.1) is 0 Å². The first-order valence-electron chi connectivity index (χ1n) is 8.98. The van der Waals surface area contributed by atoms with Crippen molar-refractivity contribution in [1.29, 1.82) is 0 Å². The van der Waals surface area contributed by atoms with Gasteiger partial charge in [0.25, 0.3) is 5.91 Å². The molecule has 2 aromatic heterocycles. The summed E-state index contributed by atoms with van der Waals surface area (Å²) in [6, 6.07) is 5.62. The number of benzene rings is 1. The number of nitrogens with zero attached hydrogens (tertiary/aromatic N) is 3. The van der Waals surface area contributed by atoms with Crippen LogP contribution in [0.5, 0.6) is 11.8 Å². The van der Waals surface area contributed by atoms with E-state index in [0.29, 0.717) is 17.3 Å². The Morgan fingerprint density at radius 2 is 2.00 bits per heavy atom. The van der Waals surface area contributed by atoms with Crippen LogP contribution in [-0.4, -0.2) is 45.1 Å². The number of aromatic amines is 1. The van der Waals surface area contributed by atoms with Crippen LogP contribution in [0.15, 0.2) is 36.9 Å². The second-order valence-corrected chi connectivity index (χ2v) is 6.60. The third-order valence-electron chi connectivity index (χ3n) is 4.78. The number of aromatic nitrogens is 4. The number of carbonyl (C=O) groups excluding carboxylic acids is 1. The average molecular weight is 367 g/mol. The van der Waals surface area contributed by atoms with Crippen LogP contribution in [0.25, 0.3) is 11.0 Å². The molecule has 4 rings (SSSR count). The zero-order chi connectivity index (χ0) is 18.6. The van der Waals surface area contributed by atoms with Crippen LogP contribution < -0.4 is 14.8 Å². The van der Waals surface area contributed by atoms with Gasteiger partial charge in [-0.05, 0) is 43.9 Å². The van der Waals surface area contributed by atoms with Crippen molar-refractivity contribution in [3.05, 3.63) is 42.5 Å². The molecule has 0 bridgehead atoms. The van der Waals surface area contributed by atoms with Gasteiger partial charge in [0.15, 0.2) is 0 Å². The third-order valence-corrected chi connectivity index (χ3v) is 4.78. The van der Waals surface area contributed by atoms with Crippen LogP contribution >= 0.6 is 0 Å². The molecule has 1 aliphatic carbocycles. The van der Waals surface area contributed by atoms with E-state index in [2.05, 4.69) is 25.3 Å². The van der Waals surface area contributed by atoms with E-state index in [1.807, 2.05) is 12.1 Å². The van der Waals surface area contributed by atoms with E-state index in [4.69, 9.17) is 9.47 Å². The van der Waals surface area contributed by atoms with Gasteiger partial charge in [-0.1, -0.05) is 0 Å². The molecule has 2 N–H and O–H groups in total. The summed E-state index contributed by atoms with van der Waals surface area (Å²) in [6.45, 7) is 0. The number of amides is 1. The highest BCUT2D eigenvalue weighted by Crippen LogP contribution is 2.24. The van der Waals surface area contributed by atoms with E-state index >= 15 is 0 Å². The summed E-state index contributed by atoms with van der Waals surface area (Å²) in [5, 5.41) is 3.12. The van der Waals surface area contributed by atoms with Gasteiger partial charge in [-0.25, -0.2) is 4.98 Å². The molecule has 0 unspecified atom stereocenters. The quantitative estimate of drug-likeness (QED) is 0.718. The van der Waals surface area contributed by atoms with Gasteiger partial charge < -0.3 is 19.8 Å². The molecule has 27 heavy (non-hydrogen) atoms. The molecule has 0 spiro atoms. The molecule has 3 aromatic rings. The highest BCUT2D eigenvalue weighted by atomic mass is 16.5. The van der Waals surface area contributed by atoms with Crippen LogP contribution in [-0.2, 0) is 0 Å². The zero-order valence-electron chi connectivity index (χ0n) is 15.0. The molecular weight excluding hydrogens is 346 g/mol. The van der Waals surface area contributed by atoms with E-state index < -0.39 is 0 Å². The second-order valence-electron chi connectivity index (χ2n) is 6.60. The number of nitrogens with one attached hydrogen (secondary N) is 2. The number of rotatable bonds is 5. The first kappa shape index (κ1) is 17.3. The number of methoxy groups -OCH3 is 1. The first-order chi connectivity index (χ1) is 13.2. The van der Waals surface area contributed by atoms with Gasteiger partial charge >= 0.3 is 0 Å². The summed E-state index contributed by atoms with van der Waals surface area (Å²) in [5.41, 5.74) is 2.35.